The predicted octanol–water partition coefficient (Wildman–Crippen LogP) is 1.88. The van der Waals surface area contributed by atoms with Crippen LogP contribution in [-0.4, -0.2) is 13.4 Å². The van der Waals surface area contributed by atoms with Crippen LogP contribution in [0, 0.1) is 0 Å². The Morgan fingerprint density at radius 2 is 1.90 bits per heavy atom. The van der Waals surface area contributed by atoms with Crippen LogP contribution in [0.2, 0.25) is 0 Å². The Bertz CT molecular complexity index is 203. The van der Waals surface area contributed by atoms with Crippen LogP contribution < -0.4 is 0 Å². The number of hydrogen-bond acceptors (Lipinski definition) is 0. The second kappa shape index (κ2) is 3.36. The first-order valence-electron chi connectivity index (χ1n) is 3.52. The topological polar surface area (TPSA) is 0 Å². The first-order chi connectivity index (χ1) is 4.84. The molecule has 0 aliphatic rings. The zero-order valence-corrected chi connectivity index (χ0v) is 6.25. The molecule has 0 spiro atoms. The SMILES string of the molecule is C=BC(C)c1ccccc1. The molecule has 1 aromatic rings. The molecule has 50 valence electrons. The molecule has 10 heavy (non-hydrogen) atoms. The molecule has 0 amide bonds. The van der Waals surface area contributed by atoms with Crippen molar-refractivity contribution in [1.82, 2.24) is 0 Å². The Labute approximate surface area is 62.8 Å². The van der Waals surface area contributed by atoms with E-state index in [2.05, 4.69) is 37.7 Å². The summed E-state index contributed by atoms with van der Waals surface area (Å²) < 4.78 is 0. The van der Waals surface area contributed by atoms with Crippen molar-refractivity contribution >= 4 is 13.4 Å². The second-order valence-corrected chi connectivity index (χ2v) is 2.44. The summed E-state index contributed by atoms with van der Waals surface area (Å²) in [6.07, 6.45) is 0. The zero-order chi connectivity index (χ0) is 7.40. The molecule has 0 radical (unpaired) electrons. The minimum atomic E-state index is 0.473. The molecular weight excluding hydrogens is 119 g/mol. The van der Waals surface area contributed by atoms with Gasteiger partial charge >= 0.3 is 62.0 Å². The number of benzene rings is 1. The molecule has 1 heteroatoms. The zero-order valence-electron chi connectivity index (χ0n) is 6.25. The minimum absolute atomic E-state index is 0.473. The van der Waals surface area contributed by atoms with Gasteiger partial charge in [-0.2, -0.15) is 0 Å². The van der Waals surface area contributed by atoms with Gasteiger partial charge in [0.05, 0.1) is 0 Å². The van der Waals surface area contributed by atoms with Crippen molar-refractivity contribution in [2.45, 2.75) is 12.7 Å². The predicted molar refractivity (Wildman–Crippen MR) is 47.7 cm³/mol. The van der Waals surface area contributed by atoms with Gasteiger partial charge in [-0.25, -0.2) is 0 Å². The van der Waals surface area contributed by atoms with Gasteiger partial charge in [0, 0.05) is 0 Å². The summed E-state index contributed by atoms with van der Waals surface area (Å²) in [5.41, 5.74) is 1.33. The third kappa shape index (κ3) is 1.57. The molecule has 1 aromatic carbocycles. The number of rotatable bonds is 2. The van der Waals surface area contributed by atoms with Gasteiger partial charge in [-0.15, -0.1) is 0 Å². The average Bonchev–Trinajstić information content (AvgIpc) is 2.05. The van der Waals surface area contributed by atoms with Crippen LogP contribution in [0.25, 0.3) is 0 Å². The van der Waals surface area contributed by atoms with Crippen LogP contribution in [0.5, 0.6) is 0 Å². The van der Waals surface area contributed by atoms with Gasteiger partial charge < -0.3 is 0 Å². The molecule has 0 fully saturated rings. The Hall–Kier alpha value is -0.845. The van der Waals surface area contributed by atoms with E-state index in [0.29, 0.717) is 5.82 Å². The van der Waals surface area contributed by atoms with Gasteiger partial charge in [-0.1, -0.05) is 0 Å². The van der Waals surface area contributed by atoms with Gasteiger partial charge in [-0.3, -0.25) is 0 Å². The van der Waals surface area contributed by atoms with E-state index in [1.807, 2.05) is 13.0 Å². The molecule has 0 saturated carbocycles. The van der Waals surface area contributed by atoms with Crippen LogP contribution in [0.15, 0.2) is 30.3 Å². The van der Waals surface area contributed by atoms with Crippen molar-refractivity contribution in [3.05, 3.63) is 35.9 Å². The molecule has 1 atom stereocenters. The van der Waals surface area contributed by atoms with Crippen LogP contribution in [0.3, 0.4) is 0 Å². The van der Waals surface area contributed by atoms with E-state index in [9.17, 15) is 0 Å². The average molecular weight is 130 g/mol. The van der Waals surface area contributed by atoms with E-state index in [-0.39, 0.29) is 0 Å². The maximum absolute atomic E-state index is 3.74. The maximum atomic E-state index is 3.74. The molecule has 0 nitrogen and oxygen atoms in total. The van der Waals surface area contributed by atoms with Crippen molar-refractivity contribution < 1.29 is 0 Å². The standard InChI is InChI=1S/C9H11B/c1-8(10-2)9-6-4-3-5-7-9/h3-8H,2H2,1H3. The molecule has 0 N–H and O–H groups in total. The van der Waals surface area contributed by atoms with Crippen molar-refractivity contribution in [3.8, 4) is 0 Å². The molecule has 1 rings (SSSR count). The fourth-order valence-corrected chi connectivity index (χ4v) is 0.893. The van der Waals surface area contributed by atoms with E-state index in [0.717, 1.165) is 0 Å². The summed E-state index contributed by atoms with van der Waals surface area (Å²) in [5, 5.41) is 0. The van der Waals surface area contributed by atoms with Crippen molar-refractivity contribution in [2.24, 2.45) is 0 Å². The van der Waals surface area contributed by atoms with Crippen LogP contribution in [0.4, 0.5) is 0 Å². The third-order valence-electron chi connectivity index (χ3n) is 1.68. The van der Waals surface area contributed by atoms with Crippen LogP contribution >= 0.6 is 0 Å². The van der Waals surface area contributed by atoms with Crippen LogP contribution in [-0.2, 0) is 0 Å². The molecule has 1 unspecified atom stereocenters. The first-order valence-corrected chi connectivity index (χ1v) is 3.52. The van der Waals surface area contributed by atoms with Crippen molar-refractivity contribution in [2.75, 3.05) is 0 Å². The molecule has 0 heterocycles. The normalized spacial score (nSPS) is 12.1. The number of hydrogen-bond donors (Lipinski definition) is 0. The fraction of sp³-hybridized carbons (Fsp3) is 0.222. The van der Waals surface area contributed by atoms with Gasteiger partial charge in [-0.05, 0) is 0 Å². The van der Waals surface area contributed by atoms with Crippen LogP contribution in [0.1, 0.15) is 18.3 Å². The van der Waals surface area contributed by atoms with Crippen molar-refractivity contribution in [3.63, 3.8) is 0 Å². The summed E-state index contributed by atoms with van der Waals surface area (Å²) in [4.78, 5) is 0. The Balaban J connectivity index is 2.84. The van der Waals surface area contributed by atoms with E-state index in [4.69, 9.17) is 0 Å². The Morgan fingerprint density at radius 1 is 1.30 bits per heavy atom. The summed E-state index contributed by atoms with van der Waals surface area (Å²) >= 11 is 0. The molecule has 0 aliphatic heterocycles. The molecule has 0 bridgehead atoms. The van der Waals surface area contributed by atoms with Gasteiger partial charge in [0.1, 0.15) is 0 Å². The second-order valence-electron chi connectivity index (χ2n) is 2.44. The monoisotopic (exact) mass is 130 g/mol. The summed E-state index contributed by atoms with van der Waals surface area (Å²) in [7, 11) is 0. The van der Waals surface area contributed by atoms with Gasteiger partial charge in [0.15, 0.2) is 0 Å². The van der Waals surface area contributed by atoms with E-state index < -0.39 is 0 Å². The van der Waals surface area contributed by atoms with Crippen molar-refractivity contribution in [1.29, 1.82) is 0 Å². The molecule has 0 saturated heterocycles. The Kier molecular flexibility index (Phi) is 2.44. The van der Waals surface area contributed by atoms with E-state index >= 15 is 0 Å². The summed E-state index contributed by atoms with van der Waals surface area (Å²) in [6, 6.07) is 10.4. The summed E-state index contributed by atoms with van der Waals surface area (Å²) in [6.45, 7) is 7.83. The molecule has 0 aromatic heterocycles. The molecule has 0 aliphatic carbocycles. The Morgan fingerprint density at radius 3 is 2.40 bits per heavy atom. The van der Waals surface area contributed by atoms with E-state index in [1.165, 1.54) is 5.56 Å². The van der Waals surface area contributed by atoms with Gasteiger partial charge in [0.25, 0.3) is 0 Å². The third-order valence-corrected chi connectivity index (χ3v) is 1.68. The summed E-state index contributed by atoms with van der Waals surface area (Å²) in [5.74, 6) is 0.473. The fourth-order valence-electron chi connectivity index (χ4n) is 0.893. The quantitative estimate of drug-likeness (QED) is 0.536. The molecular formula is C9H11B. The van der Waals surface area contributed by atoms with E-state index in [1.54, 1.807) is 0 Å². The first kappa shape index (κ1) is 7.26. The van der Waals surface area contributed by atoms with Gasteiger partial charge in [0.2, 0.25) is 0 Å².